The lowest BCUT2D eigenvalue weighted by Crippen LogP contribution is -2.24. The summed E-state index contributed by atoms with van der Waals surface area (Å²) < 4.78 is 12.0. The van der Waals surface area contributed by atoms with Crippen LogP contribution in [0.3, 0.4) is 0 Å². The van der Waals surface area contributed by atoms with Gasteiger partial charge >= 0.3 is 0 Å². The maximum atomic E-state index is 11.5. The molecule has 0 aliphatic carbocycles. The largest absolute Gasteiger partial charge is 0.484 e. The van der Waals surface area contributed by atoms with Crippen molar-refractivity contribution in [2.45, 2.75) is 0 Å². The molecule has 0 saturated carbocycles. The molecule has 0 aliphatic heterocycles. The molecule has 1 N–H and O–H groups in total. The van der Waals surface area contributed by atoms with Crippen LogP contribution < -0.4 is 10.2 Å². The number of nitrogens with one attached hydrogen (secondary N) is 1. The lowest BCUT2D eigenvalue weighted by atomic mass is 10.3. The third-order valence-corrected chi connectivity index (χ3v) is 3.06. The van der Waals surface area contributed by atoms with Gasteiger partial charge in [0, 0.05) is 4.47 Å². The number of carbonyl (C=O) groups excluding carboxylic acids is 1. The van der Waals surface area contributed by atoms with Gasteiger partial charge < -0.3 is 9.15 Å². The van der Waals surface area contributed by atoms with E-state index in [1.54, 1.807) is 24.3 Å². The number of benzene rings is 1. The highest BCUT2D eigenvalue weighted by Crippen LogP contribution is 2.17. The summed E-state index contributed by atoms with van der Waals surface area (Å²) in [5, 5.41) is 3.76. The minimum atomic E-state index is -0.355. The molecule has 0 saturated heterocycles. The van der Waals surface area contributed by atoms with Gasteiger partial charge in [-0.3, -0.25) is 4.79 Å². The summed E-state index contributed by atoms with van der Waals surface area (Å²) in [4.78, 5) is 11.5. The maximum absolute atomic E-state index is 11.5. The topological polar surface area (TPSA) is 63.8 Å². The minimum Gasteiger partial charge on any atom is -0.484 e. The van der Waals surface area contributed by atoms with Crippen molar-refractivity contribution in [3.63, 3.8) is 0 Å². The highest BCUT2D eigenvalue weighted by Gasteiger charge is 2.02. The third kappa shape index (κ3) is 4.82. The van der Waals surface area contributed by atoms with Gasteiger partial charge in [0.2, 0.25) is 0 Å². The van der Waals surface area contributed by atoms with Gasteiger partial charge in [-0.25, -0.2) is 5.43 Å². The van der Waals surface area contributed by atoms with Crippen LogP contribution in [0.25, 0.3) is 0 Å². The van der Waals surface area contributed by atoms with E-state index in [0.29, 0.717) is 16.2 Å². The standard InChI is InChI=1S/C13H10Br2N2O3/c14-9-2-1-3-10(6-9)19-8-13(18)17-16-7-11-4-5-12(15)20-11/h1-7H,8H2,(H,17,18)/b16-7+. The van der Waals surface area contributed by atoms with Gasteiger partial charge in [0.05, 0.1) is 6.21 Å². The molecular formula is C13H10Br2N2O3. The second-order valence-electron chi connectivity index (χ2n) is 3.68. The van der Waals surface area contributed by atoms with Gasteiger partial charge in [-0.2, -0.15) is 5.10 Å². The number of ether oxygens (including phenoxy) is 1. The van der Waals surface area contributed by atoms with E-state index in [2.05, 4.69) is 42.4 Å². The molecule has 5 nitrogen and oxygen atoms in total. The Bertz CT molecular complexity index is 626. The van der Waals surface area contributed by atoms with E-state index >= 15 is 0 Å². The lowest BCUT2D eigenvalue weighted by Gasteiger charge is -2.04. The molecule has 1 amide bonds. The van der Waals surface area contributed by atoms with Crippen molar-refractivity contribution in [1.82, 2.24) is 5.43 Å². The molecule has 1 aromatic heterocycles. The number of hydrazone groups is 1. The summed E-state index contributed by atoms with van der Waals surface area (Å²) in [6.07, 6.45) is 1.40. The van der Waals surface area contributed by atoms with Gasteiger partial charge in [0.25, 0.3) is 5.91 Å². The molecule has 0 aliphatic rings. The molecule has 0 fully saturated rings. The average molecular weight is 402 g/mol. The van der Waals surface area contributed by atoms with Gasteiger partial charge in [-0.15, -0.1) is 0 Å². The second kappa shape index (κ2) is 7.25. The summed E-state index contributed by atoms with van der Waals surface area (Å²) >= 11 is 6.49. The first-order valence-corrected chi connectivity index (χ1v) is 7.18. The predicted octanol–water partition coefficient (Wildman–Crippen LogP) is 3.33. The van der Waals surface area contributed by atoms with Gasteiger partial charge in [-0.05, 0) is 46.3 Å². The first-order valence-electron chi connectivity index (χ1n) is 5.59. The van der Waals surface area contributed by atoms with E-state index in [1.807, 2.05) is 12.1 Å². The zero-order chi connectivity index (χ0) is 14.4. The molecule has 2 aromatic rings. The Balaban J connectivity index is 1.77. The molecule has 0 bridgehead atoms. The number of halogens is 2. The Morgan fingerprint density at radius 3 is 2.90 bits per heavy atom. The first-order chi connectivity index (χ1) is 9.63. The van der Waals surface area contributed by atoms with E-state index in [-0.39, 0.29) is 12.5 Å². The Morgan fingerprint density at radius 1 is 1.35 bits per heavy atom. The number of carbonyl (C=O) groups is 1. The number of hydrogen-bond acceptors (Lipinski definition) is 4. The summed E-state index contributed by atoms with van der Waals surface area (Å²) in [5.74, 6) is 0.783. The van der Waals surface area contributed by atoms with Crippen LogP contribution in [-0.4, -0.2) is 18.7 Å². The molecule has 1 aromatic carbocycles. The van der Waals surface area contributed by atoms with Crippen molar-refractivity contribution >= 4 is 44.0 Å². The van der Waals surface area contributed by atoms with Crippen LogP contribution in [0.15, 0.2) is 55.1 Å². The van der Waals surface area contributed by atoms with Gasteiger partial charge in [-0.1, -0.05) is 22.0 Å². The lowest BCUT2D eigenvalue weighted by molar-refractivity contribution is -0.123. The van der Waals surface area contributed by atoms with Crippen molar-refractivity contribution in [1.29, 1.82) is 0 Å². The second-order valence-corrected chi connectivity index (χ2v) is 5.38. The highest BCUT2D eigenvalue weighted by atomic mass is 79.9. The molecule has 7 heteroatoms. The van der Waals surface area contributed by atoms with Crippen LogP contribution in [-0.2, 0) is 4.79 Å². The van der Waals surface area contributed by atoms with E-state index in [1.165, 1.54) is 6.21 Å². The summed E-state index contributed by atoms with van der Waals surface area (Å²) in [6, 6.07) is 10.7. The number of hydrogen-bond donors (Lipinski definition) is 1. The normalized spacial score (nSPS) is 10.7. The minimum absolute atomic E-state index is 0.115. The molecule has 0 unspecified atom stereocenters. The smallest absolute Gasteiger partial charge is 0.277 e. The predicted molar refractivity (Wildman–Crippen MR) is 81.8 cm³/mol. The molecule has 104 valence electrons. The fourth-order valence-electron chi connectivity index (χ4n) is 1.30. The quantitative estimate of drug-likeness (QED) is 0.617. The fraction of sp³-hybridized carbons (Fsp3) is 0.0769. The molecule has 0 radical (unpaired) electrons. The molecule has 1 heterocycles. The number of furan rings is 1. The monoisotopic (exact) mass is 400 g/mol. The molecule has 2 rings (SSSR count). The molecule has 20 heavy (non-hydrogen) atoms. The number of rotatable bonds is 5. The van der Waals surface area contributed by atoms with Crippen molar-refractivity contribution in [3.05, 3.63) is 51.3 Å². The van der Waals surface area contributed by atoms with Crippen LogP contribution >= 0.6 is 31.9 Å². The van der Waals surface area contributed by atoms with Crippen LogP contribution in [0.5, 0.6) is 5.75 Å². The van der Waals surface area contributed by atoms with Crippen LogP contribution in [0, 0.1) is 0 Å². The Labute approximate surface area is 132 Å². The Kier molecular flexibility index (Phi) is 5.37. The highest BCUT2D eigenvalue weighted by molar-refractivity contribution is 9.10. The zero-order valence-corrected chi connectivity index (χ0v) is 13.3. The first kappa shape index (κ1) is 14.8. The molecule has 0 spiro atoms. The van der Waals surface area contributed by atoms with Crippen LogP contribution in [0.2, 0.25) is 0 Å². The molecular weight excluding hydrogens is 392 g/mol. The Morgan fingerprint density at radius 2 is 2.20 bits per heavy atom. The van der Waals surface area contributed by atoms with Crippen molar-refractivity contribution in [2.75, 3.05) is 6.61 Å². The Hall–Kier alpha value is -1.60. The number of amides is 1. The van der Waals surface area contributed by atoms with Crippen molar-refractivity contribution in [2.24, 2.45) is 5.10 Å². The van der Waals surface area contributed by atoms with Crippen LogP contribution in [0.1, 0.15) is 5.76 Å². The zero-order valence-electron chi connectivity index (χ0n) is 10.2. The van der Waals surface area contributed by atoms with E-state index in [9.17, 15) is 4.79 Å². The van der Waals surface area contributed by atoms with E-state index < -0.39 is 0 Å². The summed E-state index contributed by atoms with van der Waals surface area (Å²) in [7, 11) is 0. The summed E-state index contributed by atoms with van der Waals surface area (Å²) in [6.45, 7) is -0.115. The maximum Gasteiger partial charge on any atom is 0.277 e. The molecule has 0 atom stereocenters. The number of nitrogens with zero attached hydrogens (tertiary/aromatic N) is 1. The van der Waals surface area contributed by atoms with E-state index in [4.69, 9.17) is 9.15 Å². The van der Waals surface area contributed by atoms with E-state index in [0.717, 1.165) is 4.47 Å². The summed E-state index contributed by atoms with van der Waals surface area (Å²) in [5.41, 5.74) is 2.34. The average Bonchev–Trinajstić information content (AvgIpc) is 2.82. The van der Waals surface area contributed by atoms with Crippen molar-refractivity contribution in [3.8, 4) is 5.75 Å². The SMILES string of the molecule is O=C(COc1cccc(Br)c1)N/N=C/c1ccc(Br)o1. The van der Waals surface area contributed by atoms with Gasteiger partial charge in [0.15, 0.2) is 11.3 Å². The van der Waals surface area contributed by atoms with Crippen molar-refractivity contribution < 1.29 is 13.9 Å². The van der Waals surface area contributed by atoms with Gasteiger partial charge in [0.1, 0.15) is 11.5 Å². The fourth-order valence-corrected chi connectivity index (χ4v) is 2.00. The van der Waals surface area contributed by atoms with Crippen LogP contribution in [0.4, 0.5) is 0 Å². The third-order valence-electron chi connectivity index (χ3n) is 2.14.